The molecule has 0 aliphatic rings. The van der Waals surface area contributed by atoms with Gasteiger partial charge in [-0.1, -0.05) is 0 Å². The Bertz CT molecular complexity index is 378. The lowest BCUT2D eigenvalue weighted by Gasteiger charge is -2.10. The molecule has 16 heavy (non-hydrogen) atoms. The average Bonchev–Trinajstić information content (AvgIpc) is 2.22. The molecule has 0 spiro atoms. The van der Waals surface area contributed by atoms with Gasteiger partial charge >= 0.3 is 0 Å². The fourth-order valence-electron chi connectivity index (χ4n) is 1.30. The van der Waals surface area contributed by atoms with E-state index in [-0.39, 0.29) is 10.8 Å². The zero-order valence-corrected chi connectivity index (χ0v) is 10.8. The van der Waals surface area contributed by atoms with Crippen molar-refractivity contribution < 1.29 is 4.74 Å². The molecule has 1 rings (SSSR count). The molecule has 0 fully saturated rings. The standard InChI is InChI=1S/C11H18N2O2S/c1-4-15-5-6-16-9(3)11-12-8(2)7-10(14)13-11/h7,9H,4-6H2,1-3H3,(H,12,13,14)/t9-/m0/s1. The van der Waals surface area contributed by atoms with Crippen molar-refractivity contribution >= 4 is 11.8 Å². The van der Waals surface area contributed by atoms with Gasteiger partial charge in [-0.15, -0.1) is 11.8 Å². The number of H-pyrrole nitrogens is 1. The van der Waals surface area contributed by atoms with E-state index >= 15 is 0 Å². The molecule has 0 aliphatic heterocycles. The molecule has 1 aromatic heterocycles. The van der Waals surface area contributed by atoms with E-state index in [0.717, 1.165) is 30.5 Å². The Morgan fingerprint density at radius 3 is 3.00 bits per heavy atom. The Morgan fingerprint density at radius 1 is 1.62 bits per heavy atom. The molecule has 1 atom stereocenters. The van der Waals surface area contributed by atoms with Gasteiger partial charge < -0.3 is 9.72 Å². The first-order valence-corrected chi connectivity index (χ1v) is 6.45. The van der Waals surface area contributed by atoms with Crippen LogP contribution in [0.2, 0.25) is 0 Å². The quantitative estimate of drug-likeness (QED) is 0.774. The molecule has 0 saturated carbocycles. The van der Waals surface area contributed by atoms with Gasteiger partial charge in [-0.05, 0) is 20.8 Å². The fourth-order valence-corrected chi connectivity index (χ4v) is 2.14. The van der Waals surface area contributed by atoms with Gasteiger partial charge in [-0.3, -0.25) is 4.79 Å². The summed E-state index contributed by atoms with van der Waals surface area (Å²) in [5.41, 5.74) is 0.677. The van der Waals surface area contributed by atoms with Crippen LogP contribution in [0.4, 0.5) is 0 Å². The second kappa shape index (κ2) is 6.70. The van der Waals surface area contributed by atoms with Crippen LogP contribution in [0.25, 0.3) is 0 Å². The van der Waals surface area contributed by atoms with Crippen LogP contribution in [0.5, 0.6) is 0 Å². The van der Waals surface area contributed by atoms with Crippen molar-refractivity contribution in [3.63, 3.8) is 0 Å². The second-order valence-corrected chi connectivity index (χ2v) is 4.93. The Hall–Kier alpha value is -0.810. The molecule has 0 radical (unpaired) electrons. The molecule has 1 aromatic rings. The first-order chi connectivity index (χ1) is 7.63. The highest BCUT2D eigenvalue weighted by Crippen LogP contribution is 2.24. The third kappa shape index (κ3) is 4.37. The summed E-state index contributed by atoms with van der Waals surface area (Å²) in [6.07, 6.45) is 0. The predicted octanol–water partition coefficient (Wildman–Crippen LogP) is 1.91. The second-order valence-electron chi connectivity index (χ2n) is 3.48. The lowest BCUT2D eigenvalue weighted by Crippen LogP contribution is -2.12. The van der Waals surface area contributed by atoms with Crippen LogP contribution in [0, 0.1) is 6.92 Å². The van der Waals surface area contributed by atoms with E-state index in [2.05, 4.69) is 9.97 Å². The number of thioether (sulfide) groups is 1. The number of hydrogen-bond donors (Lipinski definition) is 1. The van der Waals surface area contributed by atoms with Gasteiger partial charge in [-0.25, -0.2) is 4.98 Å². The highest BCUT2D eigenvalue weighted by atomic mass is 32.2. The SMILES string of the molecule is CCOCCS[C@@H](C)c1nc(C)cc(=O)[nH]1. The summed E-state index contributed by atoms with van der Waals surface area (Å²) < 4.78 is 5.25. The highest BCUT2D eigenvalue weighted by Gasteiger charge is 2.08. The molecule has 1 heterocycles. The summed E-state index contributed by atoms with van der Waals surface area (Å²) in [4.78, 5) is 18.3. The van der Waals surface area contributed by atoms with E-state index < -0.39 is 0 Å². The summed E-state index contributed by atoms with van der Waals surface area (Å²) >= 11 is 1.73. The average molecular weight is 242 g/mol. The van der Waals surface area contributed by atoms with Crippen molar-refractivity contribution in [2.75, 3.05) is 19.0 Å². The highest BCUT2D eigenvalue weighted by molar-refractivity contribution is 7.99. The van der Waals surface area contributed by atoms with Gasteiger partial charge in [0, 0.05) is 24.1 Å². The van der Waals surface area contributed by atoms with Crippen molar-refractivity contribution in [3.05, 3.63) is 27.9 Å². The number of hydrogen-bond acceptors (Lipinski definition) is 4. The van der Waals surface area contributed by atoms with Crippen LogP contribution in [-0.4, -0.2) is 28.9 Å². The van der Waals surface area contributed by atoms with Crippen molar-refractivity contribution in [2.45, 2.75) is 26.0 Å². The van der Waals surface area contributed by atoms with Gasteiger partial charge in [0.15, 0.2) is 0 Å². The van der Waals surface area contributed by atoms with Gasteiger partial charge in [0.05, 0.1) is 11.9 Å². The maximum absolute atomic E-state index is 11.3. The molecule has 5 heteroatoms. The fraction of sp³-hybridized carbons (Fsp3) is 0.636. The van der Waals surface area contributed by atoms with Gasteiger partial charge in [-0.2, -0.15) is 0 Å². The van der Waals surface area contributed by atoms with E-state index in [4.69, 9.17) is 4.74 Å². The Kier molecular flexibility index (Phi) is 5.55. The van der Waals surface area contributed by atoms with Crippen molar-refractivity contribution in [1.29, 1.82) is 0 Å². The topological polar surface area (TPSA) is 55.0 Å². The van der Waals surface area contributed by atoms with Crippen molar-refractivity contribution in [3.8, 4) is 0 Å². The maximum atomic E-state index is 11.3. The normalized spacial score (nSPS) is 12.7. The Balaban J connectivity index is 2.52. The lowest BCUT2D eigenvalue weighted by molar-refractivity contribution is 0.164. The molecular weight excluding hydrogens is 224 g/mol. The molecule has 0 amide bonds. The van der Waals surface area contributed by atoms with Gasteiger partial charge in [0.2, 0.25) is 0 Å². The maximum Gasteiger partial charge on any atom is 0.251 e. The minimum absolute atomic E-state index is 0.0836. The third-order valence-corrected chi connectivity index (χ3v) is 3.20. The largest absolute Gasteiger partial charge is 0.381 e. The van der Waals surface area contributed by atoms with Crippen molar-refractivity contribution in [2.24, 2.45) is 0 Å². The first-order valence-electron chi connectivity index (χ1n) is 5.40. The molecule has 0 aromatic carbocycles. The first kappa shape index (κ1) is 13.3. The van der Waals surface area contributed by atoms with E-state index in [1.54, 1.807) is 11.8 Å². The lowest BCUT2D eigenvalue weighted by atomic mass is 10.4. The smallest absolute Gasteiger partial charge is 0.251 e. The van der Waals surface area contributed by atoms with E-state index in [1.807, 2.05) is 20.8 Å². The molecular formula is C11H18N2O2S. The van der Waals surface area contributed by atoms with Gasteiger partial charge in [0.1, 0.15) is 5.82 Å². The Morgan fingerprint density at radius 2 is 2.38 bits per heavy atom. The molecule has 0 unspecified atom stereocenters. The van der Waals surface area contributed by atoms with Crippen molar-refractivity contribution in [1.82, 2.24) is 9.97 Å². The van der Waals surface area contributed by atoms with E-state index in [0.29, 0.717) is 0 Å². The summed E-state index contributed by atoms with van der Waals surface area (Å²) in [6.45, 7) is 7.33. The van der Waals surface area contributed by atoms with Crippen LogP contribution < -0.4 is 5.56 Å². The number of aromatic amines is 1. The number of nitrogens with zero attached hydrogens (tertiary/aromatic N) is 1. The zero-order valence-electron chi connectivity index (χ0n) is 9.95. The minimum Gasteiger partial charge on any atom is -0.381 e. The monoisotopic (exact) mass is 242 g/mol. The van der Waals surface area contributed by atoms with Crippen LogP contribution in [0.15, 0.2) is 10.9 Å². The number of nitrogens with one attached hydrogen (secondary N) is 1. The predicted molar refractivity (Wildman–Crippen MR) is 67.0 cm³/mol. The number of ether oxygens (including phenoxy) is 1. The molecule has 0 bridgehead atoms. The summed E-state index contributed by atoms with van der Waals surface area (Å²) in [5, 5.41) is 0.188. The summed E-state index contributed by atoms with van der Waals surface area (Å²) in [5.74, 6) is 1.65. The molecule has 0 saturated heterocycles. The van der Waals surface area contributed by atoms with Crippen LogP contribution in [0.1, 0.15) is 30.6 Å². The Labute approximate surface area is 99.8 Å². The molecule has 1 N–H and O–H groups in total. The van der Waals surface area contributed by atoms with Gasteiger partial charge in [0.25, 0.3) is 5.56 Å². The zero-order chi connectivity index (χ0) is 12.0. The molecule has 90 valence electrons. The summed E-state index contributed by atoms with van der Waals surface area (Å²) in [7, 11) is 0. The van der Waals surface area contributed by atoms with Crippen LogP contribution in [0.3, 0.4) is 0 Å². The third-order valence-electron chi connectivity index (χ3n) is 2.07. The number of aromatic nitrogens is 2. The van der Waals surface area contributed by atoms with Crippen LogP contribution in [-0.2, 0) is 4.74 Å². The van der Waals surface area contributed by atoms with E-state index in [9.17, 15) is 4.79 Å². The van der Waals surface area contributed by atoms with Crippen LogP contribution >= 0.6 is 11.8 Å². The minimum atomic E-state index is -0.0836. The van der Waals surface area contributed by atoms with E-state index in [1.165, 1.54) is 6.07 Å². The number of rotatable bonds is 6. The molecule has 4 nitrogen and oxygen atoms in total. The molecule has 0 aliphatic carbocycles. The number of aryl methyl sites for hydroxylation is 1. The summed E-state index contributed by atoms with van der Waals surface area (Å²) in [6, 6.07) is 1.50.